The third kappa shape index (κ3) is 4.57. The lowest BCUT2D eigenvalue weighted by Crippen LogP contribution is -2.25. The molecule has 3 rings (SSSR count). The summed E-state index contributed by atoms with van der Waals surface area (Å²) in [6, 6.07) is 0. The fraction of sp³-hybridized carbons (Fsp3) is 0.833. The first-order chi connectivity index (χ1) is 10.3. The number of aliphatic hydroxyl groups is 1. The zero-order valence-corrected chi connectivity index (χ0v) is 13.1. The molecule has 3 nitrogen and oxygen atoms in total. The first-order valence-corrected chi connectivity index (χ1v) is 8.98. The van der Waals surface area contributed by atoms with Crippen LogP contribution in [-0.2, 0) is 6.42 Å². The maximum absolute atomic E-state index is 10.6. The summed E-state index contributed by atoms with van der Waals surface area (Å²) in [7, 11) is 0. The molecule has 3 heteroatoms. The molecule has 2 aliphatic carbocycles. The van der Waals surface area contributed by atoms with Crippen molar-refractivity contribution in [3.63, 3.8) is 0 Å². The van der Waals surface area contributed by atoms with Gasteiger partial charge in [-0.3, -0.25) is 0 Å². The monoisotopic (exact) mass is 290 g/mol. The van der Waals surface area contributed by atoms with Crippen molar-refractivity contribution < 1.29 is 5.11 Å². The number of nitrogens with zero attached hydrogens (tertiary/aromatic N) is 1. The predicted octanol–water partition coefficient (Wildman–Crippen LogP) is 4.09. The van der Waals surface area contributed by atoms with Crippen molar-refractivity contribution in [1.82, 2.24) is 9.97 Å². The Kier molecular flexibility index (Phi) is 5.34. The van der Waals surface area contributed by atoms with E-state index in [1.54, 1.807) is 6.33 Å². The number of imidazole rings is 1. The highest BCUT2D eigenvalue weighted by Gasteiger charge is 2.35. The molecule has 1 unspecified atom stereocenters. The van der Waals surface area contributed by atoms with Gasteiger partial charge in [0.2, 0.25) is 0 Å². The van der Waals surface area contributed by atoms with E-state index in [9.17, 15) is 5.11 Å². The van der Waals surface area contributed by atoms with Crippen LogP contribution >= 0.6 is 0 Å². The first kappa shape index (κ1) is 15.1. The van der Waals surface area contributed by atoms with E-state index in [1.165, 1.54) is 63.5 Å². The number of hydrogen-bond donors (Lipinski definition) is 2. The molecule has 0 aliphatic heterocycles. The van der Waals surface area contributed by atoms with Gasteiger partial charge >= 0.3 is 0 Å². The topological polar surface area (TPSA) is 48.9 Å². The molecule has 2 aliphatic rings. The van der Waals surface area contributed by atoms with Gasteiger partial charge < -0.3 is 10.1 Å². The maximum Gasteiger partial charge on any atom is 0.0921 e. The summed E-state index contributed by atoms with van der Waals surface area (Å²) >= 11 is 0. The molecule has 0 aromatic carbocycles. The third-order valence-electron chi connectivity index (χ3n) is 5.57. The Balaban J connectivity index is 1.42. The van der Waals surface area contributed by atoms with Crippen LogP contribution in [0.4, 0.5) is 0 Å². The quantitative estimate of drug-likeness (QED) is 0.757. The van der Waals surface area contributed by atoms with Crippen molar-refractivity contribution >= 4 is 0 Å². The minimum absolute atomic E-state index is 0.121. The van der Waals surface area contributed by atoms with Crippen LogP contribution in [0.2, 0.25) is 0 Å². The van der Waals surface area contributed by atoms with Crippen molar-refractivity contribution in [2.45, 2.75) is 76.7 Å². The van der Waals surface area contributed by atoms with Crippen molar-refractivity contribution in [2.75, 3.05) is 0 Å². The summed E-state index contributed by atoms with van der Waals surface area (Å²) in [5.41, 5.74) is 1.18. The molecule has 21 heavy (non-hydrogen) atoms. The maximum atomic E-state index is 10.6. The van der Waals surface area contributed by atoms with Gasteiger partial charge in [-0.1, -0.05) is 44.9 Å². The zero-order chi connectivity index (χ0) is 14.5. The second kappa shape index (κ2) is 7.44. The Morgan fingerprint density at radius 1 is 1.19 bits per heavy atom. The Morgan fingerprint density at radius 2 is 2.00 bits per heavy atom. The second-order valence-electron chi connectivity index (χ2n) is 7.28. The number of aromatic amines is 1. The van der Waals surface area contributed by atoms with E-state index in [2.05, 4.69) is 9.97 Å². The van der Waals surface area contributed by atoms with Gasteiger partial charge in [0.15, 0.2) is 0 Å². The van der Waals surface area contributed by atoms with Gasteiger partial charge in [-0.05, 0) is 43.4 Å². The van der Waals surface area contributed by atoms with E-state index in [4.69, 9.17) is 0 Å². The lowest BCUT2D eigenvalue weighted by atomic mass is 9.84. The van der Waals surface area contributed by atoms with E-state index in [0.29, 0.717) is 5.92 Å². The number of hydrogen-bond acceptors (Lipinski definition) is 2. The molecule has 2 N–H and O–H groups in total. The zero-order valence-electron chi connectivity index (χ0n) is 13.1. The summed E-state index contributed by atoms with van der Waals surface area (Å²) in [5.74, 6) is 2.13. The van der Waals surface area contributed by atoms with Gasteiger partial charge in [0.1, 0.15) is 0 Å². The summed E-state index contributed by atoms with van der Waals surface area (Å²) in [6.45, 7) is 0. The third-order valence-corrected chi connectivity index (χ3v) is 5.57. The van der Waals surface area contributed by atoms with Gasteiger partial charge in [-0.25, -0.2) is 4.98 Å². The smallest absolute Gasteiger partial charge is 0.0921 e. The van der Waals surface area contributed by atoms with Gasteiger partial charge in [-0.2, -0.15) is 0 Å². The molecule has 0 radical (unpaired) electrons. The first-order valence-electron chi connectivity index (χ1n) is 8.98. The number of aliphatic hydroxyl groups excluding tert-OH is 1. The van der Waals surface area contributed by atoms with E-state index < -0.39 is 0 Å². The van der Waals surface area contributed by atoms with Gasteiger partial charge in [-0.15, -0.1) is 0 Å². The van der Waals surface area contributed by atoms with E-state index in [1.807, 2.05) is 6.20 Å². The minimum atomic E-state index is -0.121. The summed E-state index contributed by atoms with van der Waals surface area (Å²) < 4.78 is 0. The van der Waals surface area contributed by atoms with Crippen LogP contribution in [0.15, 0.2) is 12.5 Å². The predicted molar refractivity (Wildman–Crippen MR) is 84.9 cm³/mol. The highest BCUT2D eigenvalue weighted by atomic mass is 16.3. The summed E-state index contributed by atoms with van der Waals surface area (Å²) in [5, 5.41) is 10.6. The number of H-pyrrole nitrogens is 1. The standard InChI is InChI=1S/C18H30N2O/c21-18(8-4-7-14-5-2-1-3-6-14)17(15-9-10-15)11-16-12-19-13-20-16/h12-15,17-18,21H,1-11H2,(H,19,20)/t17-,18?/m1/s1. The highest BCUT2D eigenvalue weighted by Crippen LogP contribution is 2.41. The largest absolute Gasteiger partial charge is 0.393 e. The molecule has 0 bridgehead atoms. The minimum Gasteiger partial charge on any atom is -0.393 e. The van der Waals surface area contributed by atoms with Gasteiger partial charge in [0.25, 0.3) is 0 Å². The molecule has 0 amide bonds. The molecule has 2 saturated carbocycles. The van der Waals surface area contributed by atoms with Gasteiger partial charge in [0, 0.05) is 11.9 Å². The molecule has 1 heterocycles. The van der Waals surface area contributed by atoms with E-state index >= 15 is 0 Å². The lowest BCUT2D eigenvalue weighted by molar-refractivity contribution is 0.0818. The van der Waals surface area contributed by atoms with Crippen LogP contribution in [0, 0.1) is 17.8 Å². The molecule has 118 valence electrons. The molecule has 2 atom stereocenters. The second-order valence-corrected chi connectivity index (χ2v) is 7.28. The average molecular weight is 290 g/mol. The Bertz CT molecular complexity index is 393. The highest BCUT2D eigenvalue weighted by molar-refractivity contribution is 5.00. The molecule has 1 aromatic heterocycles. The number of rotatable bonds is 8. The number of aromatic nitrogens is 2. The van der Waals surface area contributed by atoms with Crippen LogP contribution in [0.5, 0.6) is 0 Å². The Labute approximate surface area is 128 Å². The van der Waals surface area contributed by atoms with Crippen molar-refractivity contribution in [3.8, 4) is 0 Å². The Hall–Kier alpha value is -0.830. The lowest BCUT2D eigenvalue weighted by Gasteiger charge is -2.25. The molecule has 0 spiro atoms. The van der Waals surface area contributed by atoms with Crippen molar-refractivity contribution in [3.05, 3.63) is 18.2 Å². The van der Waals surface area contributed by atoms with Crippen LogP contribution in [-0.4, -0.2) is 21.2 Å². The number of nitrogens with one attached hydrogen (secondary N) is 1. The summed E-state index contributed by atoms with van der Waals surface area (Å²) in [4.78, 5) is 7.29. The van der Waals surface area contributed by atoms with E-state index in [0.717, 1.165) is 24.7 Å². The SMILES string of the molecule is OC(CCCC1CCCCC1)[C@H](Cc1cnc[nH]1)C1CC1. The van der Waals surface area contributed by atoms with Crippen LogP contribution < -0.4 is 0 Å². The normalized spacial score (nSPS) is 23.1. The fourth-order valence-corrected chi connectivity index (χ4v) is 4.10. The molecule has 2 fully saturated rings. The average Bonchev–Trinajstić information content (AvgIpc) is 3.22. The van der Waals surface area contributed by atoms with Crippen molar-refractivity contribution in [1.29, 1.82) is 0 Å². The molecular formula is C18H30N2O. The van der Waals surface area contributed by atoms with E-state index in [-0.39, 0.29) is 6.10 Å². The summed E-state index contributed by atoms with van der Waals surface area (Å²) in [6.07, 6.45) is 17.8. The van der Waals surface area contributed by atoms with Crippen LogP contribution in [0.25, 0.3) is 0 Å². The molecule has 0 saturated heterocycles. The Morgan fingerprint density at radius 3 is 2.67 bits per heavy atom. The van der Waals surface area contributed by atoms with Crippen molar-refractivity contribution in [2.24, 2.45) is 17.8 Å². The van der Waals surface area contributed by atoms with Crippen LogP contribution in [0.3, 0.4) is 0 Å². The fourth-order valence-electron chi connectivity index (χ4n) is 4.10. The van der Waals surface area contributed by atoms with Crippen LogP contribution in [0.1, 0.15) is 69.9 Å². The van der Waals surface area contributed by atoms with Gasteiger partial charge in [0.05, 0.1) is 12.4 Å². The molecular weight excluding hydrogens is 260 g/mol. The molecule has 1 aromatic rings.